The number of rotatable bonds is 12. The monoisotopic (exact) mass is 533 g/mol. The fraction of sp³-hybridized carbons (Fsp3) is 0.345. The molecule has 1 aliphatic carbocycles. The average molecular weight is 534 g/mol. The molecule has 2 aromatic heterocycles. The normalized spacial score (nSPS) is 13.2. The number of aromatic amines is 1. The summed E-state index contributed by atoms with van der Waals surface area (Å²) in [5, 5.41) is 10.6. The molecule has 39 heavy (non-hydrogen) atoms. The molecule has 0 radical (unpaired) electrons. The average Bonchev–Trinajstić information content (AvgIpc) is 3.61. The molecule has 5 rings (SSSR count). The molecule has 1 aliphatic rings. The highest BCUT2D eigenvalue weighted by Crippen LogP contribution is 2.33. The number of halogens is 1. The molecular weight excluding hydrogens is 501 g/mol. The van der Waals surface area contributed by atoms with Crippen molar-refractivity contribution in [2.45, 2.75) is 39.0 Å². The lowest BCUT2D eigenvalue weighted by Crippen LogP contribution is -2.21. The van der Waals surface area contributed by atoms with Crippen LogP contribution in [-0.2, 0) is 17.9 Å². The van der Waals surface area contributed by atoms with Crippen LogP contribution in [0.1, 0.15) is 41.3 Å². The summed E-state index contributed by atoms with van der Waals surface area (Å²) in [5.74, 6) is 0.218. The number of pyridine rings is 1. The summed E-state index contributed by atoms with van der Waals surface area (Å²) >= 11 is 0. The van der Waals surface area contributed by atoms with Gasteiger partial charge in [0.05, 0.1) is 42.6 Å². The zero-order valence-corrected chi connectivity index (χ0v) is 22.3. The Morgan fingerprint density at radius 2 is 2.05 bits per heavy atom. The first-order valence-corrected chi connectivity index (χ1v) is 13.0. The highest BCUT2D eigenvalue weighted by molar-refractivity contribution is 5.95. The molecule has 1 saturated carbocycles. The van der Waals surface area contributed by atoms with Crippen LogP contribution in [-0.4, -0.2) is 59.5 Å². The van der Waals surface area contributed by atoms with Crippen molar-refractivity contribution in [2.75, 3.05) is 27.4 Å². The van der Waals surface area contributed by atoms with E-state index in [0.717, 1.165) is 40.4 Å². The van der Waals surface area contributed by atoms with Crippen LogP contribution in [0, 0.1) is 5.82 Å². The van der Waals surface area contributed by atoms with Gasteiger partial charge in [-0.3, -0.25) is 14.8 Å². The Hall–Kier alpha value is -4.02. The molecule has 2 aromatic carbocycles. The first-order valence-electron chi connectivity index (χ1n) is 13.0. The van der Waals surface area contributed by atoms with E-state index in [0.29, 0.717) is 43.7 Å². The lowest BCUT2D eigenvalue weighted by molar-refractivity contribution is 0.0286. The fourth-order valence-corrected chi connectivity index (χ4v) is 4.35. The van der Waals surface area contributed by atoms with Gasteiger partial charge < -0.3 is 19.5 Å². The Balaban J connectivity index is 1.23. The van der Waals surface area contributed by atoms with E-state index >= 15 is 0 Å². The molecule has 2 heterocycles. The quantitative estimate of drug-likeness (QED) is 0.255. The molecule has 0 saturated heterocycles. The molecule has 0 unspecified atom stereocenters. The summed E-state index contributed by atoms with van der Waals surface area (Å²) in [6.07, 6.45) is 5.99. The molecule has 0 aliphatic heterocycles. The first-order chi connectivity index (χ1) is 19.0. The van der Waals surface area contributed by atoms with Crippen molar-refractivity contribution >= 4 is 16.8 Å². The first kappa shape index (κ1) is 26.6. The standard InChI is InChI=1S/C29H32FN5O4/c1-4-38-26-11-18(5-9-22(26)19-6-10-25(30)23(12-19)28(36)31-2)16-37-17-35(3)15-20-13-32-29(39-21-7-8-21)24-14-33-34-27(20)24/h5-6,9-14,21H,4,7-8,15-17H2,1-3H3,(H,31,36)(H,33,34). The van der Waals surface area contributed by atoms with Crippen LogP contribution >= 0.6 is 0 Å². The lowest BCUT2D eigenvalue weighted by atomic mass is 10.00. The number of carbonyl (C=O) groups excluding carboxylic acids is 1. The SMILES string of the molecule is CCOc1cc(COCN(C)Cc2cnc(OC3CC3)c3cn[nH]c23)ccc1-c1ccc(F)c(C(=O)NC)c1. The zero-order chi connectivity index (χ0) is 27.4. The molecule has 4 aromatic rings. The second-order valence-electron chi connectivity index (χ2n) is 9.59. The van der Waals surface area contributed by atoms with E-state index in [1.807, 2.05) is 38.4 Å². The van der Waals surface area contributed by atoms with Gasteiger partial charge in [-0.25, -0.2) is 9.37 Å². The maximum atomic E-state index is 14.2. The van der Waals surface area contributed by atoms with E-state index in [-0.39, 0.29) is 11.7 Å². The number of amides is 1. The number of hydrogen-bond donors (Lipinski definition) is 2. The molecule has 204 valence electrons. The van der Waals surface area contributed by atoms with Gasteiger partial charge in [-0.1, -0.05) is 18.2 Å². The molecule has 0 spiro atoms. The van der Waals surface area contributed by atoms with Crippen LogP contribution in [0.4, 0.5) is 4.39 Å². The third-order valence-corrected chi connectivity index (χ3v) is 6.45. The molecule has 2 N–H and O–H groups in total. The largest absolute Gasteiger partial charge is 0.493 e. The number of nitrogens with one attached hydrogen (secondary N) is 2. The molecule has 1 fully saturated rings. The second kappa shape index (κ2) is 11.8. The molecule has 1 amide bonds. The van der Waals surface area contributed by atoms with Gasteiger partial charge in [0.2, 0.25) is 5.88 Å². The van der Waals surface area contributed by atoms with Gasteiger partial charge in [0, 0.05) is 30.9 Å². The summed E-state index contributed by atoms with van der Waals surface area (Å²) in [5.41, 5.74) is 4.31. The van der Waals surface area contributed by atoms with E-state index in [1.54, 1.807) is 12.3 Å². The van der Waals surface area contributed by atoms with Gasteiger partial charge in [0.25, 0.3) is 5.91 Å². The van der Waals surface area contributed by atoms with Gasteiger partial charge in [0.1, 0.15) is 17.7 Å². The summed E-state index contributed by atoms with van der Waals surface area (Å²) in [6, 6.07) is 10.2. The van der Waals surface area contributed by atoms with Crippen molar-refractivity contribution in [1.82, 2.24) is 25.4 Å². The predicted molar refractivity (Wildman–Crippen MR) is 145 cm³/mol. The molecule has 9 nitrogen and oxygen atoms in total. The van der Waals surface area contributed by atoms with Gasteiger partial charge in [-0.2, -0.15) is 5.10 Å². The van der Waals surface area contributed by atoms with Gasteiger partial charge in [-0.05, 0) is 56.1 Å². The van der Waals surface area contributed by atoms with E-state index < -0.39 is 11.7 Å². The number of ether oxygens (including phenoxy) is 3. The van der Waals surface area contributed by atoms with Gasteiger partial charge in [-0.15, -0.1) is 0 Å². The van der Waals surface area contributed by atoms with Crippen molar-refractivity contribution in [1.29, 1.82) is 0 Å². The predicted octanol–water partition coefficient (Wildman–Crippen LogP) is 4.67. The van der Waals surface area contributed by atoms with E-state index in [4.69, 9.17) is 14.2 Å². The number of aromatic nitrogens is 3. The van der Waals surface area contributed by atoms with Crippen LogP contribution in [0.15, 0.2) is 48.8 Å². The van der Waals surface area contributed by atoms with Crippen LogP contribution in [0.2, 0.25) is 0 Å². The zero-order valence-electron chi connectivity index (χ0n) is 22.3. The van der Waals surface area contributed by atoms with Crippen molar-refractivity contribution in [3.63, 3.8) is 0 Å². The number of carbonyl (C=O) groups is 1. The Morgan fingerprint density at radius 3 is 2.82 bits per heavy atom. The van der Waals surface area contributed by atoms with Crippen LogP contribution in [0.5, 0.6) is 11.6 Å². The minimum Gasteiger partial charge on any atom is -0.493 e. The van der Waals surface area contributed by atoms with E-state index in [9.17, 15) is 9.18 Å². The fourth-order valence-electron chi connectivity index (χ4n) is 4.35. The number of fused-ring (bicyclic) bond motifs is 1. The highest BCUT2D eigenvalue weighted by atomic mass is 19.1. The molecule has 10 heteroatoms. The smallest absolute Gasteiger partial charge is 0.254 e. The summed E-state index contributed by atoms with van der Waals surface area (Å²) in [7, 11) is 3.45. The Bertz CT molecular complexity index is 1470. The van der Waals surface area contributed by atoms with Crippen molar-refractivity contribution in [3.05, 3.63) is 71.3 Å². The highest BCUT2D eigenvalue weighted by Gasteiger charge is 2.25. The second-order valence-corrected chi connectivity index (χ2v) is 9.59. The lowest BCUT2D eigenvalue weighted by Gasteiger charge is -2.18. The number of H-pyrrole nitrogens is 1. The van der Waals surface area contributed by atoms with Crippen molar-refractivity contribution < 1.29 is 23.4 Å². The Labute approximate surface area is 226 Å². The Kier molecular flexibility index (Phi) is 8.04. The van der Waals surface area contributed by atoms with E-state index in [1.165, 1.54) is 19.2 Å². The minimum atomic E-state index is -0.572. The van der Waals surface area contributed by atoms with Crippen LogP contribution in [0.3, 0.4) is 0 Å². The van der Waals surface area contributed by atoms with E-state index in [2.05, 4.69) is 25.4 Å². The van der Waals surface area contributed by atoms with Crippen molar-refractivity contribution in [2.24, 2.45) is 0 Å². The van der Waals surface area contributed by atoms with Crippen LogP contribution < -0.4 is 14.8 Å². The maximum absolute atomic E-state index is 14.2. The maximum Gasteiger partial charge on any atom is 0.254 e. The topological polar surface area (TPSA) is 102 Å². The number of benzene rings is 2. The molecular formula is C29H32FN5O4. The minimum absolute atomic E-state index is 0.0134. The summed E-state index contributed by atoms with van der Waals surface area (Å²) < 4.78 is 32.0. The van der Waals surface area contributed by atoms with Gasteiger partial charge in [0.15, 0.2) is 0 Å². The number of nitrogens with zero attached hydrogens (tertiary/aromatic N) is 3. The van der Waals surface area contributed by atoms with Gasteiger partial charge >= 0.3 is 0 Å². The molecule has 0 atom stereocenters. The molecule has 0 bridgehead atoms. The summed E-state index contributed by atoms with van der Waals surface area (Å²) in [4.78, 5) is 18.6. The number of hydrogen-bond acceptors (Lipinski definition) is 7. The third-order valence-electron chi connectivity index (χ3n) is 6.45. The third kappa shape index (κ3) is 6.18. The van der Waals surface area contributed by atoms with Crippen LogP contribution in [0.25, 0.3) is 22.0 Å². The Morgan fingerprint density at radius 1 is 1.21 bits per heavy atom. The summed E-state index contributed by atoms with van der Waals surface area (Å²) in [6.45, 7) is 3.76. The van der Waals surface area contributed by atoms with Crippen molar-refractivity contribution in [3.8, 4) is 22.8 Å².